The fraction of sp³-hybridized carbons (Fsp3) is 1.00. The van der Waals surface area contributed by atoms with Crippen molar-refractivity contribution >= 4 is 76.0 Å². The predicted octanol–water partition coefficient (Wildman–Crippen LogP) is -4.32. The van der Waals surface area contributed by atoms with Gasteiger partial charge in [0.1, 0.15) is 0 Å². The van der Waals surface area contributed by atoms with E-state index in [4.69, 9.17) is 108 Å². The van der Waals surface area contributed by atoms with E-state index in [1.54, 1.807) is 0 Å². The Morgan fingerprint density at radius 1 is 0.185 bits per heavy atom. The lowest BCUT2D eigenvalue weighted by Crippen LogP contribution is -1.95. The van der Waals surface area contributed by atoms with Crippen LogP contribution in [0.1, 0.15) is 0 Å². The zero-order valence-electron chi connectivity index (χ0n) is 26.9. The van der Waals surface area contributed by atoms with E-state index >= 15 is 0 Å². The molecule has 0 saturated heterocycles. The standard InChI is InChI=1S/5C2H8O6P2.C2H6O2/c5*3-9(4,5)1-2-10(6,7)8;3-1-2-4/h5*1-2H2,(H2,3,4,5)(H2,6,7,8);3-4H,1-2H2. The molecule has 42 heteroatoms. The maximum Gasteiger partial charge on any atom is 0.326 e. The number of rotatable bonds is 16. The van der Waals surface area contributed by atoms with Crippen molar-refractivity contribution in [3.8, 4) is 0 Å². The van der Waals surface area contributed by atoms with Gasteiger partial charge in [-0.25, -0.2) is 0 Å². The van der Waals surface area contributed by atoms with Gasteiger partial charge < -0.3 is 108 Å². The average molecular weight is 1010 g/mol. The number of hydrogen-bond donors (Lipinski definition) is 22. The average Bonchev–Trinajstić information content (AvgIpc) is 2.85. The Bertz CT molecular complexity index is 1110. The summed E-state index contributed by atoms with van der Waals surface area (Å²) in [5.41, 5.74) is 0. The van der Waals surface area contributed by atoms with Crippen molar-refractivity contribution in [3.05, 3.63) is 0 Å². The lowest BCUT2D eigenvalue weighted by atomic mass is 10.8. The van der Waals surface area contributed by atoms with E-state index in [1.165, 1.54) is 0 Å². The van der Waals surface area contributed by atoms with Gasteiger partial charge in [0.2, 0.25) is 0 Å². The molecule has 0 aliphatic carbocycles. The molecule has 0 aromatic rings. The summed E-state index contributed by atoms with van der Waals surface area (Å²) in [4.78, 5) is 163. The SMILES string of the molecule is O=P(O)(O)CCP(=O)(O)O.O=P(O)(O)CCP(=O)(O)O.O=P(O)(O)CCP(=O)(O)O.O=P(O)(O)CCP(=O)(O)O.O=P(O)(O)CCP(=O)(O)O.OCCO. The van der Waals surface area contributed by atoms with Gasteiger partial charge in [0, 0.05) is 0 Å². The van der Waals surface area contributed by atoms with Crippen LogP contribution in [0.3, 0.4) is 0 Å². The van der Waals surface area contributed by atoms with Crippen molar-refractivity contribution in [1.82, 2.24) is 0 Å². The first kappa shape index (κ1) is 67.2. The van der Waals surface area contributed by atoms with E-state index in [0.29, 0.717) is 0 Å². The largest absolute Gasteiger partial charge is 0.394 e. The molecule has 0 rings (SSSR count). The molecule has 0 aromatic carbocycles. The molecule has 0 saturated carbocycles. The number of aliphatic hydroxyl groups is 2. The van der Waals surface area contributed by atoms with E-state index in [1.807, 2.05) is 0 Å². The molecule has 0 unspecified atom stereocenters. The summed E-state index contributed by atoms with van der Waals surface area (Å²) in [7, 11) is -42.5. The third-order valence-corrected chi connectivity index (χ3v) is 13.3. The molecule has 0 aromatic heterocycles. The summed E-state index contributed by atoms with van der Waals surface area (Å²) in [5.74, 6) is 0. The van der Waals surface area contributed by atoms with Crippen LogP contribution >= 0.6 is 76.0 Å². The number of hydrogen-bond acceptors (Lipinski definition) is 12. The third kappa shape index (κ3) is 105. The minimum absolute atomic E-state index is 0.125. The summed E-state index contributed by atoms with van der Waals surface area (Å²) in [6, 6.07) is 0. The highest BCUT2D eigenvalue weighted by atomic mass is 31.2. The lowest BCUT2D eigenvalue weighted by Gasteiger charge is -2.03. The maximum absolute atomic E-state index is 10.0. The van der Waals surface area contributed by atoms with Crippen LogP contribution in [0.2, 0.25) is 0 Å². The van der Waals surface area contributed by atoms with Gasteiger partial charge in [0.15, 0.2) is 0 Å². The monoisotopic (exact) mass is 1010 g/mol. The molecule has 0 heterocycles. The molecule has 0 radical (unpaired) electrons. The van der Waals surface area contributed by atoms with Crippen LogP contribution in [0.5, 0.6) is 0 Å². The van der Waals surface area contributed by atoms with Gasteiger partial charge in [-0.05, 0) is 0 Å². The van der Waals surface area contributed by atoms with E-state index < -0.39 is 138 Å². The molecule has 0 atom stereocenters. The molecule has 0 bridgehead atoms. The lowest BCUT2D eigenvalue weighted by molar-refractivity contribution is 0.186. The highest BCUT2D eigenvalue weighted by Gasteiger charge is 2.24. The van der Waals surface area contributed by atoms with Crippen molar-refractivity contribution in [3.63, 3.8) is 0 Å². The Labute approximate surface area is 304 Å². The summed E-state index contributed by atoms with van der Waals surface area (Å²) in [6.45, 7) is -0.250. The zero-order valence-corrected chi connectivity index (χ0v) is 35.8. The highest BCUT2D eigenvalue weighted by Crippen LogP contribution is 2.45. The van der Waals surface area contributed by atoms with E-state index in [2.05, 4.69) is 0 Å². The van der Waals surface area contributed by atoms with Crippen LogP contribution in [0.4, 0.5) is 0 Å². The van der Waals surface area contributed by atoms with Crippen LogP contribution in [-0.2, 0) is 45.7 Å². The molecule has 54 heavy (non-hydrogen) atoms. The first-order valence-corrected chi connectivity index (χ1v) is 30.6. The van der Waals surface area contributed by atoms with Gasteiger partial charge in [-0.15, -0.1) is 0 Å². The Morgan fingerprint density at radius 2 is 0.241 bits per heavy atom. The molecule has 0 aliphatic heterocycles. The summed E-state index contributed by atoms with van der Waals surface area (Å²) in [6.07, 6.45) is -7.67. The third-order valence-electron chi connectivity index (χ3n) is 3.51. The Balaban J connectivity index is -0.000000130. The second-order valence-corrected chi connectivity index (χ2v) is 27.1. The van der Waals surface area contributed by atoms with Crippen LogP contribution < -0.4 is 0 Å². The molecule has 336 valence electrons. The molecular weight excluding hydrogens is 966 g/mol. The van der Waals surface area contributed by atoms with E-state index in [-0.39, 0.29) is 13.2 Å². The second-order valence-electron chi connectivity index (χ2n) is 9.33. The van der Waals surface area contributed by atoms with Crippen LogP contribution in [-0.4, -0.2) is 183 Å². The fourth-order valence-electron chi connectivity index (χ4n) is 1.30. The van der Waals surface area contributed by atoms with Crippen LogP contribution in [0, 0.1) is 0 Å². The smallest absolute Gasteiger partial charge is 0.326 e. The van der Waals surface area contributed by atoms with Gasteiger partial charge in [-0.2, -0.15) is 0 Å². The van der Waals surface area contributed by atoms with E-state index in [9.17, 15) is 45.7 Å². The summed E-state index contributed by atoms with van der Waals surface area (Å²) >= 11 is 0. The van der Waals surface area contributed by atoms with E-state index in [0.717, 1.165) is 0 Å². The summed E-state index contributed by atoms with van der Waals surface area (Å²) < 4.78 is 100. The Hall–Kier alpha value is 1.42. The minimum Gasteiger partial charge on any atom is -0.394 e. The van der Waals surface area contributed by atoms with Gasteiger partial charge in [-0.3, -0.25) is 45.7 Å². The topological polar surface area (TPSA) is 616 Å². The van der Waals surface area contributed by atoms with Crippen molar-refractivity contribution in [2.75, 3.05) is 74.8 Å². The Morgan fingerprint density at radius 3 is 0.259 bits per heavy atom. The first-order valence-electron chi connectivity index (χ1n) is 12.6. The molecule has 0 fully saturated rings. The first-order chi connectivity index (χ1) is 22.9. The van der Waals surface area contributed by atoms with Gasteiger partial charge >= 0.3 is 76.0 Å². The van der Waals surface area contributed by atoms with Crippen molar-refractivity contribution in [1.29, 1.82) is 0 Å². The molecular formula is C12H46O32P10. The Kier molecular flexibility index (Phi) is 35.9. The van der Waals surface area contributed by atoms with Crippen LogP contribution in [0.15, 0.2) is 0 Å². The maximum atomic E-state index is 10.0. The summed E-state index contributed by atoms with van der Waals surface area (Å²) in [5, 5.41) is 15.2. The molecule has 32 nitrogen and oxygen atoms in total. The highest BCUT2D eigenvalue weighted by molar-refractivity contribution is 7.58. The zero-order chi connectivity index (χ0) is 45.5. The molecule has 0 amide bonds. The normalized spacial score (nSPS) is 13.1. The molecule has 0 aliphatic rings. The van der Waals surface area contributed by atoms with Crippen molar-refractivity contribution < 1.29 is 154 Å². The van der Waals surface area contributed by atoms with Gasteiger partial charge in [-0.1, -0.05) is 0 Å². The minimum atomic E-state index is -4.25. The predicted molar refractivity (Wildman–Crippen MR) is 183 cm³/mol. The van der Waals surface area contributed by atoms with Crippen molar-refractivity contribution in [2.24, 2.45) is 0 Å². The number of aliphatic hydroxyl groups excluding tert-OH is 2. The van der Waals surface area contributed by atoms with Crippen molar-refractivity contribution in [2.45, 2.75) is 0 Å². The van der Waals surface area contributed by atoms with Gasteiger partial charge in [0.05, 0.1) is 74.8 Å². The van der Waals surface area contributed by atoms with Crippen LogP contribution in [0.25, 0.3) is 0 Å². The van der Waals surface area contributed by atoms with Gasteiger partial charge in [0.25, 0.3) is 0 Å². The molecule has 0 spiro atoms. The molecule has 22 N–H and O–H groups in total. The quantitative estimate of drug-likeness (QED) is 0.0650. The fourth-order valence-corrected chi connectivity index (χ4v) is 11.7. The second kappa shape index (κ2) is 28.8.